The van der Waals surface area contributed by atoms with Crippen LogP contribution in [0, 0.1) is 6.92 Å². The fourth-order valence-electron chi connectivity index (χ4n) is 3.94. The number of aryl methyl sites for hydroxylation is 1. The Bertz CT molecular complexity index is 1460. The Kier molecular flexibility index (Phi) is 8.40. The highest BCUT2D eigenvalue weighted by Crippen LogP contribution is 2.29. The molecular weight excluding hydrogens is 500 g/mol. The number of sulfonamides is 1. The van der Waals surface area contributed by atoms with Crippen LogP contribution in [0.25, 0.3) is 0 Å². The Morgan fingerprint density at radius 2 is 1.05 bits per heavy atom. The summed E-state index contributed by atoms with van der Waals surface area (Å²) in [7, 11) is -4.12. The number of amides is 4. The van der Waals surface area contributed by atoms with E-state index in [4.69, 9.17) is 0 Å². The summed E-state index contributed by atoms with van der Waals surface area (Å²) in [6, 6.07) is 30.3. The number of nitrogens with one attached hydrogen (secondary N) is 4. The Balaban J connectivity index is 1.62. The van der Waals surface area contributed by atoms with E-state index in [0.29, 0.717) is 16.8 Å². The van der Waals surface area contributed by atoms with Crippen LogP contribution in [0.4, 0.5) is 15.3 Å². The fraction of sp³-hybridized carbons (Fsp3) is 0.103. The normalized spacial score (nSPS) is 12.6. The van der Waals surface area contributed by atoms with Crippen molar-refractivity contribution < 1.29 is 18.0 Å². The predicted octanol–water partition coefficient (Wildman–Crippen LogP) is 5.29. The molecule has 2 atom stereocenters. The lowest BCUT2D eigenvalue weighted by Crippen LogP contribution is -2.46. The first kappa shape index (κ1) is 26.4. The van der Waals surface area contributed by atoms with E-state index >= 15 is 0 Å². The van der Waals surface area contributed by atoms with Crippen LogP contribution < -0.4 is 20.7 Å². The van der Waals surface area contributed by atoms with Crippen molar-refractivity contribution in [2.75, 3.05) is 5.32 Å². The minimum Gasteiger partial charge on any atom is -0.329 e. The molecule has 4 aromatic rings. The van der Waals surface area contributed by atoms with Crippen molar-refractivity contribution in [2.45, 2.75) is 23.9 Å². The molecule has 0 aliphatic heterocycles. The lowest BCUT2D eigenvalue weighted by Gasteiger charge is -2.30. The molecule has 0 spiro atoms. The predicted molar refractivity (Wildman–Crippen MR) is 147 cm³/mol. The van der Waals surface area contributed by atoms with Gasteiger partial charge in [-0.1, -0.05) is 96.6 Å². The van der Waals surface area contributed by atoms with Crippen LogP contribution in [0.5, 0.6) is 0 Å². The molecule has 194 valence electrons. The molecule has 4 rings (SSSR count). The van der Waals surface area contributed by atoms with Crippen molar-refractivity contribution in [2.24, 2.45) is 0 Å². The number of benzene rings is 4. The van der Waals surface area contributed by atoms with Crippen LogP contribution in [0.15, 0.2) is 120 Å². The molecule has 0 bridgehead atoms. The van der Waals surface area contributed by atoms with Gasteiger partial charge in [-0.2, -0.15) is 0 Å². The van der Waals surface area contributed by atoms with Gasteiger partial charge in [0.1, 0.15) is 0 Å². The van der Waals surface area contributed by atoms with E-state index < -0.39 is 34.2 Å². The average Bonchev–Trinajstić information content (AvgIpc) is 2.92. The molecule has 4 N–H and O–H groups in total. The first-order valence-corrected chi connectivity index (χ1v) is 13.4. The Morgan fingerprint density at radius 1 is 0.605 bits per heavy atom. The maximum atomic E-state index is 13.1. The van der Waals surface area contributed by atoms with Crippen molar-refractivity contribution in [3.05, 3.63) is 132 Å². The van der Waals surface area contributed by atoms with Gasteiger partial charge in [-0.15, -0.1) is 0 Å². The van der Waals surface area contributed by atoms with E-state index in [2.05, 4.69) is 20.7 Å². The highest BCUT2D eigenvalue weighted by atomic mass is 32.2. The molecule has 0 aromatic heterocycles. The van der Waals surface area contributed by atoms with Gasteiger partial charge in [0, 0.05) is 5.69 Å². The topological polar surface area (TPSA) is 116 Å². The van der Waals surface area contributed by atoms with Gasteiger partial charge in [0.25, 0.3) is 10.0 Å². The summed E-state index contributed by atoms with van der Waals surface area (Å²) in [6.07, 6.45) is 0. The quantitative estimate of drug-likeness (QED) is 0.249. The van der Waals surface area contributed by atoms with E-state index in [1.54, 1.807) is 60.7 Å². The third-order valence-corrected chi connectivity index (χ3v) is 7.16. The average molecular weight is 529 g/mol. The van der Waals surface area contributed by atoms with E-state index in [9.17, 15) is 18.0 Å². The first-order chi connectivity index (χ1) is 18.3. The number of hydrogen-bond donors (Lipinski definition) is 4. The lowest BCUT2D eigenvalue weighted by atomic mass is 9.93. The molecule has 0 aliphatic rings. The van der Waals surface area contributed by atoms with Crippen LogP contribution in [0.1, 0.15) is 28.8 Å². The van der Waals surface area contributed by atoms with Crippen molar-refractivity contribution in [1.82, 2.24) is 15.4 Å². The van der Waals surface area contributed by atoms with Gasteiger partial charge in [0.05, 0.1) is 17.0 Å². The Labute approximate surface area is 222 Å². The number of rotatable bonds is 8. The van der Waals surface area contributed by atoms with E-state index in [-0.39, 0.29) is 4.90 Å². The summed E-state index contributed by atoms with van der Waals surface area (Å²) < 4.78 is 27.8. The number of hydrogen-bond acceptors (Lipinski definition) is 4. The van der Waals surface area contributed by atoms with Gasteiger partial charge in [-0.25, -0.2) is 22.7 Å². The number of carbonyl (C=O) groups is 2. The van der Waals surface area contributed by atoms with Crippen LogP contribution in [0.2, 0.25) is 0 Å². The monoisotopic (exact) mass is 528 g/mol. The fourth-order valence-corrected chi connectivity index (χ4v) is 4.85. The van der Waals surface area contributed by atoms with Gasteiger partial charge < -0.3 is 16.0 Å². The minimum absolute atomic E-state index is 0.0329. The zero-order chi connectivity index (χ0) is 27.0. The molecule has 0 saturated carbocycles. The molecule has 4 aromatic carbocycles. The van der Waals surface area contributed by atoms with E-state index in [0.717, 1.165) is 5.56 Å². The number of anilines is 1. The number of para-hydroxylation sites is 1. The summed E-state index contributed by atoms with van der Waals surface area (Å²) in [6.45, 7) is 1.84. The third-order valence-electron chi connectivity index (χ3n) is 5.81. The van der Waals surface area contributed by atoms with Crippen LogP contribution in [-0.4, -0.2) is 20.5 Å². The largest absolute Gasteiger partial charge is 0.329 e. The minimum atomic E-state index is -4.12. The summed E-state index contributed by atoms with van der Waals surface area (Å²) in [5.74, 6) is 0. The third kappa shape index (κ3) is 6.98. The van der Waals surface area contributed by atoms with E-state index in [1.165, 1.54) is 12.1 Å². The standard InChI is InChI=1S/C29H28N4O4S/c1-21-17-19-25(20-18-21)38(36,37)33-29(35)32-27(23-13-7-3-8-14-23)26(22-11-5-2-6-12-22)31-28(34)30-24-15-9-4-10-16-24/h2-20,26-27H,1H3,(H2,30,31,34)(H2,32,33,35)/t26-,27-/m1/s1. The van der Waals surface area contributed by atoms with E-state index in [1.807, 2.05) is 49.4 Å². The van der Waals surface area contributed by atoms with Crippen molar-refractivity contribution in [3.8, 4) is 0 Å². The van der Waals surface area contributed by atoms with Gasteiger partial charge in [0.15, 0.2) is 0 Å². The van der Waals surface area contributed by atoms with Crippen molar-refractivity contribution in [3.63, 3.8) is 0 Å². The molecule has 0 unspecified atom stereocenters. The summed E-state index contributed by atoms with van der Waals surface area (Å²) in [5.41, 5.74) is 2.88. The number of urea groups is 2. The van der Waals surface area contributed by atoms with Crippen LogP contribution in [0.3, 0.4) is 0 Å². The molecule has 8 nitrogen and oxygen atoms in total. The molecule has 0 radical (unpaired) electrons. The second-order valence-corrected chi connectivity index (χ2v) is 10.3. The van der Waals surface area contributed by atoms with Crippen molar-refractivity contribution in [1.29, 1.82) is 0 Å². The SMILES string of the molecule is Cc1ccc(S(=O)(=O)NC(=O)N[C@H](c2ccccc2)[C@H](NC(=O)Nc2ccccc2)c2ccccc2)cc1. The second-order valence-electron chi connectivity index (χ2n) is 8.63. The van der Waals surface area contributed by atoms with Crippen LogP contribution in [-0.2, 0) is 10.0 Å². The number of carbonyl (C=O) groups excluding carboxylic acids is 2. The molecule has 38 heavy (non-hydrogen) atoms. The second kappa shape index (κ2) is 12.1. The summed E-state index contributed by atoms with van der Waals surface area (Å²) >= 11 is 0. The van der Waals surface area contributed by atoms with Gasteiger partial charge in [0.2, 0.25) is 0 Å². The molecule has 0 saturated heterocycles. The first-order valence-electron chi connectivity index (χ1n) is 11.9. The molecule has 0 aliphatic carbocycles. The maximum absolute atomic E-state index is 13.1. The summed E-state index contributed by atoms with van der Waals surface area (Å²) in [4.78, 5) is 26.0. The van der Waals surface area contributed by atoms with Gasteiger partial charge in [-0.05, 0) is 42.3 Å². The molecule has 4 amide bonds. The molecule has 0 fully saturated rings. The van der Waals surface area contributed by atoms with Gasteiger partial charge in [-0.3, -0.25) is 0 Å². The molecule has 0 heterocycles. The zero-order valence-electron chi connectivity index (χ0n) is 20.7. The maximum Gasteiger partial charge on any atom is 0.329 e. The zero-order valence-corrected chi connectivity index (χ0v) is 21.5. The van der Waals surface area contributed by atoms with Crippen molar-refractivity contribution >= 4 is 27.8 Å². The highest BCUT2D eigenvalue weighted by Gasteiger charge is 2.29. The molecule has 9 heteroatoms. The lowest BCUT2D eigenvalue weighted by molar-refractivity contribution is 0.232. The Morgan fingerprint density at radius 3 is 1.55 bits per heavy atom. The highest BCUT2D eigenvalue weighted by molar-refractivity contribution is 7.90. The molecular formula is C29H28N4O4S. The Hall–Kier alpha value is -4.63. The smallest absolute Gasteiger partial charge is 0.329 e. The van der Waals surface area contributed by atoms with Gasteiger partial charge >= 0.3 is 12.1 Å². The summed E-state index contributed by atoms with van der Waals surface area (Å²) in [5, 5.41) is 8.50. The van der Waals surface area contributed by atoms with Crippen LogP contribution >= 0.6 is 0 Å².